The van der Waals surface area contributed by atoms with E-state index in [1.165, 1.54) is 5.52 Å². The van der Waals surface area contributed by atoms with Crippen LogP contribution in [0.25, 0.3) is 11.0 Å². The number of halogens is 1. The first kappa shape index (κ1) is 23.7. The monoisotopic (exact) mass is 486 g/mol. The van der Waals surface area contributed by atoms with Crippen molar-refractivity contribution in [1.82, 2.24) is 25.1 Å². The van der Waals surface area contributed by atoms with Gasteiger partial charge in [-0.2, -0.15) is 0 Å². The van der Waals surface area contributed by atoms with Crippen molar-refractivity contribution in [1.29, 1.82) is 0 Å². The van der Waals surface area contributed by atoms with Gasteiger partial charge in [-0.15, -0.1) is 24.0 Å². The molecular formula is C20H35IN6. The zero-order valence-electron chi connectivity index (χ0n) is 17.2. The van der Waals surface area contributed by atoms with E-state index in [0.29, 0.717) is 0 Å². The number of hydrogen-bond acceptors (Lipinski definition) is 3. The van der Waals surface area contributed by atoms with Gasteiger partial charge in [0.2, 0.25) is 0 Å². The van der Waals surface area contributed by atoms with Gasteiger partial charge in [0.15, 0.2) is 5.96 Å². The molecule has 0 atom stereocenters. The maximum absolute atomic E-state index is 4.62. The van der Waals surface area contributed by atoms with Crippen molar-refractivity contribution in [2.24, 2.45) is 4.99 Å². The van der Waals surface area contributed by atoms with Crippen LogP contribution in [0.3, 0.4) is 0 Å². The van der Waals surface area contributed by atoms with Crippen LogP contribution in [0.2, 0.25) is 0 Å². The number of aryl methyl sites for hydroxylation is 2. The fourth-order valence-corrected chi connectivity index (χ4v) is 3.19. The highest BCUT2D eigenvalue weighted by Gasteiger charge is 2.06. The Labute approximate surface area is 180 Å². The molecule has 0 amide bonds. The van der Waals surface area contributed by atoms with Crippen molar-refractivity contribution in [3.63, 3.8) is 0 Å². The number of aliphatic imine (C=N–C) groups is 1. The van der Waals surface area contributed by atoms with E-state index in [0.717, 1.165) is 69.4 Å². The second-order valence-electron chi connectivity index (χ2n) is 6.46. The van der Waals surface area contributed by atoms with E-state index in [2.05, 4.69) is 69.0 Å². The number of guanidine groups is 1. The molecule has 27 heavy (non-hydrogen) atoms. The second kappa shape index (κ2) is 12.9. The quantitative estimate of drug-likeness (QED) is 0.234. The summed E-state index contributed by atoms with van der Waals surface area (Å²) in [6, 6.07) is 8.32. The first-order valence-corrected chi connectivity index (χ1v) is 9.78. The number of hydrogen-bond donors (Lipinski definition) is 2. The molecule has 0 aliphatic carbocycles. The molecule has 6 nitrogen and oxygen atoms in total. The zero-order chi connectivity index (χ0) is 18.8. The number of benzene rings is 1. The Bertz CT molecular complexity index is 693. The fourth-order valence-electron chi connectivity index (χ4n) is 3.19. The number of para-hydroxylation sites is 2. The Balaban J connectivity index is 0.00000364. The molecule has 1 aromatic carbocycles. The first-order valence-electron chi connectivity index (χ1n) is 9.78. The lowest BCUT2D eigenvalue weighted by Crippen LogP contribution is -2.39. The Morgan fingerprint density at radius 1 is 1.11 bits per heavy atom. The third-order valence-electron chi connectivity index (χ3n) is 4.76. The average Bonchev–Trinajstić information content (AvgIpc) is 2.98. The SMILES string of the molecule is CCN(CC)CCCNC(=NC)NCCCn1c(C)nc2ccccc21.I. The van der Waals surface area contributed by atoms with Crippen LogP contribution in [0.5, 0.6) is 0 Å². The Hall–Kier alpha value is -1.35. The zero-order valence-corrected chi connectivity index (χ0v) is 19.5. The molecule has 1 aromatic heterocycles. The molecule has 0 spiro atoms. The predicted molar refractivity (Wildman–Crippen MR) is 126 cm³/mol. The topological polar surface area (TPSA) is 57.5 Å². The summed E-state index contributed by atoms with van der Waals surface area (Å²) in [6.07, 6.45) is 2.16. The number of nitrogens with zero attached hydrogens (tertiary/aromatic N) is 4. The average molecular weight is 486 g/mol. The van der Waals surface area contributed by atoms with Crippen molar-refractivity contribution in [2.45, 2.75) is 40.2 Å². The molecule has 152 valence electrons. The Kier molecular flexibility index (Phi) is 11.3. The summed E-state index contributed by atoms with van der Waals surface area (Å²) in [7, 11) is 1.83. The summed E-state index contributed by atoms with van der Waals surface area (Å²) < 4.78 is 2.29. The highest BCUT2D eigenvalue weighted by molar-refractivity contribution is 14.0. The number of rotatable bonds is 10. The van der Waals surface area contributed by atoms with Crippen LogP contribution in [0.1, 0.15) is 32.5 Å². The maximum atomic E-state index is 4.62. The molecule has 0 saturated heterocycles. The van der Waals surface area contributed by atoms with E-state index in [1.54, 1.807) is 0 Å². The third-order valence-corrected chi connectivity index (χ3v) is 4.76. The van der Waals surface area contributed by atoms with E-state index in [-0.39, 0.29) is 24.0 Å². The van der Waals surface area contributed by atoms with Gasteiger partial charge < -0.3 is 20.1 Å². The van der Waals surface area contributed by atoms with Crippen LogP contribution in [-0.4, -0.2) is 60.2 Å². The smallest absolute Gasteiger partial charge is 0.190 e. The molecule has 2 aromatic rings. The molecule has 1 heterocycles. The van der Waals surface area contributed by atoms with Gasteiger partial charge in [0, 0.05) is 26.7 Å². The predicted octanol–water partition coefficient (Wildman–Crippen LogP) is 3.25. The van der Waals surface area contributed by atoms with Gasteiger partial charge in [0.1, 0.15) is 5.82 Å². The summed E-state index contributed by atoms with van der Waals surface area (Å²) in [4.78, 5) is 11.4. The third kappa shape index (κ3) is 7.29. The van der Waals surface area contributed by atoms with Crippen LogP contribution in [-0.2, 0) is 6.54 Å². The van der Waals surface area contributed by atoms with Gasteiger partial charge in [0.05, 0.1) is 11.0 Å². The van der Waals surface area contributed by atoms with Gasteiger partial charge in [-0.25, -0.2) is 4.98 Å². The molecule has 0 radical (unpaired) electrons. The van der Waals surface area contributed by atoms with Crippen LogP contribution in [0.15, 0.2) is 29.3 Å². The fraction of sp³-hybridized carbons (Fsp3) is 0.600. The van der Waals surface area contributed by atoms with E-state index in [4.69, 9.17) is 0 Å². The maximum Gasteiger partial charge on any atom is 0.190 e. The number of imidazole rings is 1. The van der Waals surface area contributed by atoms with Crippen LogP contribution in [0, 0.1) is 6.92 Å². The normalized spacial score (nSPS) is 11.7. The number of fused-ring (bicyclic) bond motifs is 1. The Morgan fingerprint density at radius 3 is 2.44 bits per heavy atom. The lowest BCUT2D eigenvalue weighted by atomic mass is 10.3. The van der Waals surface area contributed by atoms with E-state index >= 15 is 0 Å². The highest BCUT2D eigenvalue weighted by Crippen LogP contribution is 2.15. The molecular weight excluding hydrogens is 451 g/mol. The molecule has 0 aliphatic rings. The molecule has 0 unspecified atom stereocenters. The number of aromatic nitrogens is 2. The van der Waals surface area contributed by atoms with Gasteiger partial charge in [0.25, 0.3) is 0 Å². The summed E-state index contributed by atoms with van der Waals surface area (Å²) in [5, 5.41) is 6.81. The standard InChI is InChI=1S/C20H34N6.HI/c1-5-25(6-2)15-9-13-22-20(21-4)23-14-10-16-26-17(3)24-18-11-7-8-12-19(18)26;/h7-8,11-12H,5-6,9-10,13-16H2,1-4H3,(H2,21,22,23);1H. The number of nitrogens with one attached hydrogen (secondary N) is 2. The minimum atomic E-state index is 0. The summed E-state index contributed by atoms with van der Waals surface area (Å²) in [5.74, 6) is 1.96. The van der Waals surface area contributed by atoms with Gasteiger partial charge >= 0.3 is 0 Å². The summed E-state index contributed by atoms with van der Waals surface area (Å²) >= 11 is 0. The van der Waals surface area contributed by atoms with Crippen molar-refractivity contribution in [3.8, 4) is 0 Å². The van der Waals surface area contributed by atoms with Crippen molar-refractivity contribution >= 4 is 41.0 Å². The minimum absolute atomic E-state index is 0. The molecule has 0 saturated carbocycles. The van der Waals surface area contributed by atoms with Crippen LogP contribution < -0.4 is 10.6 Å². The van der Waals surface area contributed by atoms with Gasteiger partial charge in [-0.05, 0) is 51.5 Å². The lowest BCUT2D eigenvalue weighted by Gasteiger charge is -2.18. The van der Waals surface area contributed by atoms with Crippen molar-refractivity contribution < 1.29 is 0 Å². The minimum Gasteiger partial charge on any atom is -0.356 e. The van der Waals surface area contributed by atoms with Crippen LogP contribution >= 0.6 is 24.0 Å². The lowest BCUT2D eigenvalue weighted by molar-refractivity contribution is 0.300. The van der Waals surface area contributed by atoms with Gasteiger partial charge in [-0.3, -0.25) is 4.99 Å². The second-order valence-corrected chi connectivity index (χ2v) is 6.46. The van der Waals surface area contributed by atoms with Gasteiger partial charge in [-0.1, -0.05) is 26.0 Å². The van der Waals surface area contributed by atoms with Crippen molar-refractivity contribution in [2.75, 3.05) is 39.8 Å². The van der Waals surface area contributed by atoms with Crippen molar-refractivity contribution in [3.05, 3.63) is 30.1 Å². The summed E-state index contributed by atoms with van der Waals surface area (Å²) in [6.45, 7) is 12.7. The molecule has 0 fully saturated rings. The van der Waals surface area contributed by atoms with Crippen LogP contribution in [0.4, 0.5) is 0 Å². The van der Waals surface area contributed by atoms with E-state index < -0.39 is 0 Å². The molecule has 0 bridgehead atoms. The molecule has 7 heteroatoms. The van der Waals surface area contributed by atoms with E-state index in [9.17, 15) is 0 Å². The molecule has 0 aliphatic heterocycles. The summed E-state index contributed by atoms with van der Waals surface area (Å²) in [5.41, 5.74) is 2.28. The largest absolute Gasteiger partial charge is 0.356 e. The highest BCUT2D eigenvalue weighted by atomic mass is 127. The molecule has 2 rings (SSSR count). The Morgan fingerprint density at radius 2 is 1.78 bits per heavy atom. The molecule has 2 N–H and O–H groups in total. The first-order chi connectivity index (χ1) is 12.7. The van der Waals surface area contributed by atoms with E-state index in [1.807, 2.05) is 13.1 Å².